The van der Waals surface area contributed by atoms with Crippen LogP contribution in [-0.2, 0) is 20.9 Å². The van der Waals surface area contributed by atoms with Gasteiger partial charge in [0.2, 0.25) is 0 Å². The first-order valence-electron chi connectivity index (χ1n) is 11.5. The molecule has 3 aromatic carbocycles. The van der Waals surface area contributed by atoms with E-state index in [-0.39, 0.29) is 29.3 Å². The van der Waals surface area contributed by atoms with Crippen LogP contribution in [0.4, 0.5) is 11.4 Å². The Bertz CT molecular complexity index is 1370. The molecule has 188 valence electrons. The lowest BCUT2D eigenvalue weighted by Crippen LogP contribution is -2.31. The summed E-state index contributed by atoms with van der Waals surface area (Å²) in [4.78, 5) is 51.1. The number of imide groups is 1. The van der Waals surface area contributed by atoms with Gasteiger partial charge < -0.3 is 15.4 Å². The number of nitrogens with zero attached hydrogens (tertiary/aromatic N) is 1. The average molecular weight is 518 g/mol. The van der Waals surface area contributed by atoms with Gasteiger partial charge in [-0.15, -0.1) is 0 Å². The first-order chi connectivity index (χ1) is 17.7. The number of ether oxygens (including phenoxy) is 1. The minimum atomic E-state index is -0.572. The van der Waals surface area contributed by atoms with Crippen molar-refractivity contribution in [1.82, 2.24) is 4.90 Å². The molecule has 1 heterocycles. The maximum atomic E-state index is 12.8. The summed E-state index contributed by atoms with van der Waals surface area (Å²) in [6.07, 6.45) is -0.225. The minimum absolute atomic E-state index is 0.0177. The van der Waals surface area contributed by atoms with E-state index in [9.17, 15) is 19.2 Å². The van der Waals surface area contributed by atoms with E-state index in [1.165, 1.54) is 0 Å². The van der Waals surface area contributed by atoms with Gasteiger partial charge in [-0.3, -0.25) is 19.3 Å². The summed E-state index contributed by atoms with van der Waals surface area (Å²) in [5, 5.41) is 5.46. The van der Waals surface area contributed by atoms with Crippen LogP contribution in [-0.4, -0.2) is 34.7 Å². The van der Waals surface area contributed by atoms with Crippen LogP contribution in [0.2, 0.25) is 0 Å². The van der Waals surface area contributed by atoms with E-state index in [0.29, 0.717) is 22.5 Å². The maximum absolute atomic E-state index is 12.8. The molecule has 0 aromatic heterocycles. The van der Waals surface area contributed by atoms with Crippen LogP contribution in [0.1, 0.15) is 40.1 Å². The molecule has 0 atom stereocenters. The monoisotopic (exact) mass is 517 g/mol. The van der Waals surface area contributed by atoms with Gasteiger partial charge in [0.1, 0.15) is 10.7 Å². The summed E-state index contributed by atoms with van der Waals surface area (Å²) < 4.78 is 5.15. The predicted molar refractivity (Wildman–Crippen MR) is 140 cm³/mol. The van der Waals surface area contributed by atoms with Crippen LogP contribution in [0, 0.1) is 0 Å². The van der Waals surface area contributed by atoms with E-state index in [2.05, 4.69) is 10.6 Å². The van der Waals surface area contributed by atoms with E-state index < -0.39 is 17.8 Å². The number of carbonyl (C=O) groups is 4. The molecule has 1 aliphatic rings. The number of nitrogens with one attached hydrogen (secondary N) is 2. The molecule has 0 saturated heterocycles. The fourth-order valence-corrected chi connectivity index (χ4v) is 3.82. The molecular weight excluding hydrogens is 494 g/mol. The van der Waals surface area contributed by atoms with Crippen LogP contribution in [0.15, 0.2) is 89.6 Å². The average Bonchev–Trinajstić information content (AvgIpc) is 3.08. The number of carbonyl (C=O) groups excluding carboxylic acids is 4. The van der Waals surface area contributed by atoms with Gasteiger partial charge in [0.15, 0.2) is 0 Å². The Morgan fingerprint density at radius 1 is 0.838 bits per heavy atom. The van der Waals surface area contributed by atoms with Crippen molar-refractivity contribution in [3.63, 3.8) is 0 Å². The standard InChI is InChI=1S/C28H24ClN3O5/c1-17(2)37-28(36)20-10-14-22(15-11-20)31-25(33)19-8-12-21(13-9-19)30-24-23(29)26(34)32(27(24)35)16-18-6-4-3-5-7-18/h3-15,17,30H,16H2,1-2H3,(H,31,33). The fourth-order valence-electron chi connectivity index (χ4n) is 3.59. The molecule has 0 aliphatic carbocycles. The number of rotatable bonds is 8. The molecule has 1 aliphatic heterocycles. The van der Waals surface area contributed by atoms with Crippen molar-refractivity contribution < 1.29 is 23.9 Å². The van der Waals surface area contributed by atoms with E-state index >= 15 is 0 Å². The normalized spacial score (nSPS) is 13.2. The van der Waals surface area contributed by atoms with Gasteiger partial charge in [0.05, 0.1) is 18.2 Å². The van der Waals surface area contributed by atoms with E-state index in [1.54, 1.807) is 62.4 Å². The zero-order valence-corrected chi connectivity index (χ0v) is 20.9. The van der Waals surface area contributed by atoms with Crippen molar-refractivity contribution in [2.45, 2.75) is 26.5 Å². The molecule has 0 radical (unpaired) electrons. The summed E-state index contributed by atoms with van der Waals surface area (Å²) in [6.45, 7) is 3.65. The third-order valence-electron chi connectivity index (χ3n) is 5.43. The summed E-state index contributed by atoms with van der Waals surface area (Å²) in [5.74, 6) is -1.89. The number of anilines is 2. The first-order valence-corrected chi connectivity index (χ1v) is 11.9. The molecule has 0 spiro atoms. The Hall–Kier alpha value is -4.43. The number of hydrogen-bond acceptors (Lipinski definition) is 6. The highest BCUT2D eigenvalue weighted by Crippen LogP contribution is 2.27. The molecular formula is C28H24ClN3O5. The molecule has 4 rings (SSSR count). The van der Waals surface area contributed by atoms with Gasteiger partial charge in [0, 0.05) is 16.9 Å². The first kappa shape index (κ1) is 25.7. The maximum Gasteiger partial charge on any atom is 0.338 e. The second-order valence-corrected chi connectivity index (χ2v) is 8.94. The van der Waals surface area contributed by atoms with Gasteiger partial charge in [-0.05, 0) is 67.9 Å². The van der Waals surface area contributed by atoms with Gasteiger partial charge in [-0.1, -0.05) is 41.9 Å². The molecule has 3 amide bonds. The lowest BCUT2D eigenvalue weighted by Gasteiger charge is -2.15. The Morgan fingerprint density at radius 3 is 2.05 bits per heavy atom. The number of esters is 1. The molecule has 3 aromatic rings. The quantitative estimate of drug-likeness (QED) is 0.324. The second-order valence-electron chi connectivity index (χ2n) is 8.56. The highest BCUT2D eigenvalue weighted by Gasteiger charge is 2.37. The van der Waals surface area contributed by atoms with Crippen molar-refractivity contribution in [2.75, 3.05) is 10.6 Å². The fraction of sp³-hybridized carbons (Fsp3) is 0.143. The van der Waals surface area contributed by atoms with Gasteiger partial charge in [-0.25, -0.2) is 4.79 Å². The van der Waals surface area contributed by atoms with E-state index in [4.69, 9.17) is 16.3 Å². The van der Waals surface area contributed by atoms with Crippen molar-refractivity contribution in [3.05, 3.63) is 106 Å². The third-order valence-corrected chi connectivity index (χ3v) is 5.78. The number of amides is 3. The Morgan fingerprint density at radius 2 is 1.43 bits per heavy atom. The number of hydrogen-bond donors (Lipinski definition) is 2. The SMILES string of the molecule is CC(C)OC(=O)c1ccc(NC(=O)c2ccc(NC3=C(Cl)C(=O)N(Cc4ccccc4)C3=O)cc2)cc1. The van der Waals surface area contributed by atoms with Gasteiger partial charge in [-0.2, -0.15) is 0 Å². The third kappa shape index (κ3) is 6.05. The summed E-state index contributed by atoms with van der Waals surface area (Å²) >= 11 is 6.17. The van der Waals surface area contributed by atoms with Crippen molar-refractivity contribution in [2.24, 2.45) is 0 Å². The zero-order valence-electron chi connectivity index (χ0n) is 20.2. The Balaban J connectivity index is 1.38. The Labute approximate surface area is 218 Å². The molecule has 0 saturated carbocycles. The van der Waals surface area contributed by atoms with Crippen molar-refractivity contribution in [3.8, 4) is 0 Å². The smallest absolute Gasteiger partial charge is 0.338 e. The molecule has 0 unspecified atom stereocenters. The van der Waals surface area contributed by atoms with Crippen LogP contribution in [0.25, 0.3) is 0 Å². The van der Waals surface area contributed by atoms with Gasteiger partial charge >= 0.3 is 5.97 Å². The van der Waals surface area contributed by atoms with Crippen molar-refractivity contribution >= 4 is 46.7 Å². The highest BCUT2D eigenvalue weighted by atomic mass is 35.5. The molecule has 37 heavy (non-hydrogen) atoms. The number of benzene rings is 3. The molecule has 0 fully saturated rings. The topological polar surface area (TPSA) is 105 Å². The summed E-state index contributed by atoms with van der Waals surface area (Å²) in [6, 6.07) is 21.9. The molecule has 0 bridgehead atoms. The number of halogens is 1. The van der Waals surface area contributed by atoms with Crippen LogP contribution in [0.5, 0.6) is 0 Å². The second kappa shape index (κ2) is 11.1. The lowest BCUT2D eigenvalue weighted by molar-refractivity contribution is -0.138. The molecule has 8 nitrogen and oxygen atoms in total. The Kier molecular flexibility index (Phi) is 7.69. The largest absolute Gasteiger partial charge is 0.459 e. The van der Waals surface area contributed by atoms with E-state index in [0.717, 1.165) is 10.5 Å². The van der Waals surface area contributed by atoms with Crippen LogP contribution >= 0.6 is 11.6 Å². The van der Waals surface area contributed by atoms with Crippen LogP contribution in [0.3, 0.4) is 0 Å². The molecule has 2 N–H and O–H groups in total. The summed E-state index contributed by atoms with van der Waals surface area (Å²) in [7, 11) is 0. The van der Waals surface area contributed by atoms with Crippen molar-refractivity contribution in [1.29, 1.82) is 0 Å². The summed E-state index contributed by atoms with van der Waals surface area (Å²) in [5.41, 5.74) is 2.54. The lowest BCUT2D eigenvalue weighted by atomic mass is 10.1. The predicted octanol–water partition coefficient (Wildman–Crippen LogP) is 4.94. The molecule has 9 heteroatoms. The van der Waals surface area contributed by atoms with Crippen LogP contribution < -0.4 is 10.6 Å². The highest BCUT2D eigenvalue weighted by molar-refractivity contribution is 6.48. The van der Waals surface area contributed by atoms with E-state index in [1.807, 2.05) is 30.3 Å². The van der Waals surface area contributed by atoms with Gasteiger partial charge in [0.25, 0.3) is 17.7 Å². The minimum Gasteiger partial charge on any atom is -0.459 e. The zero-order chi connectivity index (χ0) is 26.5.